The molecule has 19 heavy (non-hydrogen) atoms. The van der Waals surface area contributed by atoms with Gasteiger partial charge in [0.2, 0.25) is 5.28 Å². The lowest BCUT2D eigenvalue weighted by Gasteiger charge is -2.16. The van der Waals surface area contributed by atoms with Crippen LogP contribution in [0.25, 0.3) is 0 Å². The summed E-state index contributed by atoms with van der Waals surface area (Å²) in [6.45, 7) is 4.13. The van der Waals surface area contributed by atoms with E-state index in [0.717, 1.165) is 24.2 Å². The molecule has 0 bridgehead atoms. The van der Waals surface area contributed by atoms with E-state index in [1.54, 1.807) is 6.20 Å². The van der Waals surface area contributed by atoms with E-state index in [4.69, 9.17) is 11.6 Å². The van der Waals surface area contributed by atoms with E-state index in [9.17, 15) is 0 Å². The molecule has 2 aromatic rings. The molecule has 100 valence electrons. The summed E-state index contributed by atoms with van der Waals surface area (Å²) in [7, 11) is 0. The van der Waals surface area contributed by atoms with Gasteiger partial charge in [-0.15, -0.1) is 0 Å². The van der Waals surface area contributed by atoms with Crippen LogP contribution in [0.15, 0.2) is 36.5 Å². The van der Waals surface area contributed by atoms with Gasteiger partial charge in [-0.2, -0.15) is 0 Å². The lowest BCUT2D eigenvalue weighted by Crippen LogP contribution is -2.18. The molecule has 0 saturated heterocycles. The van der Waals surface area contributed by atoms with Crippen LogP contribution in [0.4, 0.5) is 5.82 Å². The van der Waals surface area contributed by atoms with Crippen molar-refractivity contribution in [3.05, 3.63) is 52.9 Å². The standard InChI is InChI=1S/C15H18ClN3/c1-11-10-17-15(16)19-14(11)18-12(2)8-9-13-6-4-3-5-7-13/h3-7,10,12H,8-9H2,1-2H3,(H,17,18,19). The number of nitrogens with zero attached hydrogens (tertiary/aromatic N) is 2. The number of aromatic nitrogens is 2. The molecule has 1 aromatic heterocycles. The molecule has 1 atom stereocenters. The summed E-state index contributed by atoms with van der Waals surface area (Å²) < 4.78 is 0. The molecule has 2 rings (SSSR count). The highest BCUT2D eigenvalue weighted by atomic mass is 35.5. The predicted molar refractivity (Wildman–Crippen MR) is 79.6 cm³/mol. The Bertz CT molecular complexity index is 528. The van der Waals surface area contributed by atoms with Crippen LogP contribution >= 0.6 is 11.6 Å². The molecule has 0 fully saturated rings. The third-order valence-electron chi connectivity index (χ3n) is 3.03. The first-order valence-electron chi connectivity index (χ1n) is 6.45. The highest BCUT2D eigenvalue weighted by molar-refractivity contribution is 6.28. The van der Waals surface area contributed by atoms with Gasteiger partial charge < -0.3 is 5.32 Å². The maximum atomic E-state index is 5.81. The van der Waals surface area contributed by atoms with Crippen molar-refractivity contribution in [2.75, 3.05) is 5.32 Å². The normalized spacial score (nSPS) is 12.2. The number of benzene rings is 1. The molecule has 0 saturated carbocycles. The van der Waals surface area contributed by atoms with Crippen LogP contribution in [0, 0.1) is 6.92 Å². The largest absolute Gasteiger partial charge is 0.367 e. The van der Waals surface area contributed by atoms with Crippen LogP contribution in [0.2, 0.25) is 5.28 Å². The number of rotatable bonds is 5. The Labute approximate surface area is 119 Å². The highest BCUT2D eigenvalue weighted by Crippen LogP contribution is 2.15. The first-order valence-corrected chi connectivity index (χ1v) is 6.82. The van der Waals surface area contributed by atoms with Gasteiger partial charge in [0, 0.05) is 17.8 Å². The average molecular weight is 276 g/mol. The Kier molecular flexibility index (Phi) is 4.74. The highest BCUT2D eigenvalue weighted by Gasteiger charge is 2.07. The predicted octanol–water partition coefficient (Wildman–Crippen LogP) is 3.87. The lowest BCUT2D eigenvalue weighted by atomic mass is 10.1. The molecule has 4 heteroatoms. The Morgan fingerprint density at radius 2 is 2.00 bits per heavy atom. The fourth-order valence-electron chi connectivity index (χ4n) is 1.90. The van der Waals surface area contributed by atoms with E-state index in [1.807, 2.05) is 13.0 Å². The topological polar surface area (TPSA) is 37.8 Å². The number of nitrogens with one attached hydrogen (secondary N) is 1. The fraction of sp³-hybridized carbons (Fsp3) is 0.333. The molecule has 0 aliphatic heterocycles. The Hall–Kier alpha value is -1.61. The zero-order valence-electron chi connectivity index (χ0n) is 11.2. The summed E-state index contributed by atoms with van der Waals surface area (Å²) in [5.74, 6) is 0.820. The molecule has 0 spiro atoms. The van der Waals surface area contributed by atoms with Gasteiger partial charge in [0.05, 0.1) is 0 Å². The minimum absolute atomic E-state index is 0.281. The number of halogens is 1. The molecule has 0 radical (unpaired) electrons. The maximum Gasteiger partial charge on any atom is 0.224 e. The van der Waals surface area contributed by atoms with Crippen molar-refractivity contribution >= 4 is 17.4 Å². The molecule has 1 unspecified atom stereocenters. The number of anilines is 1. The second-order valence-corrected chi connectivity index (χ2v) is 5.08. The van der Waals surface area contributed by atoms with Crippen molar-refractivity contribution < 1.29 is 0 Å². The van der Waals surface area contributed by atoms with Crippen molar-refractivity contribution in [3.8, 4) is 0 Å². The molecule has 0 aliphatic carbocycles. The summed E-state index contributed by atoms with van der Waals surface area (Å²) in [4.78, 5) is 8.17. The van der Waals surface area contributed by atoms with Gasteiger partial charge in [-0.25, -0.2) is 9.97 Å². The van der Waals surface area contributed by atoms with Crippen LogP contribution in [0.1, 0.15) is 24.5 Å². The quantitative estimate of drug-likeness (QED) is 0.842. The zero-order valence-corrected chi connectivity index (χ0v) is 12.0. The van der Waals surface area contributed by atoms with Crippen LogP contribution in [0.3, 0.4) is 0 Å². The van der Waals surface area contributed by atoms with Crippen molar-refractivity contribution in [3.63, 3.8) is 0 Å². The monoisotopic (exact) mass is 275 g/mol. The van der Waals surface area contributed by atoms with Gasteiger partial charge in [0.25, 0.3) is 0 Å². The van der Waals surface area contributed by atoms with Crippen molar-refractivity contribution in [2.45, 2.75) is 32.7 Å². The SMILES string of the molecule is Cc1cnc(Cl)nc1NC(C)CCc1ccccc1. The summed E-state index contributed by atoms with van der Waals surface area (Å²) >= 11 is 5.81. The summed E-state index contributed by atoms with van der Waals surface area (Å²) in [5.41, 5.74) is 2.37. The minimum atomic E-state index is 0.281. The number of hydrogen-bond donors (Lipinski definition) is 1. The zero-order chi connectivity index (χ0) is 13.7. The van der Waals surface area contributed by atoms with Gasteiger partial charge in [0.1, 0.15) is 5.82 Å². The third-order valence-corrected chi connectivity index (χ3v) is 3.22. The van der Waals surface area contributed by atoms with Gasteiger partial charge in [0.15, 0.2) is 0 Å². The van der Waals surface area contributed by atoms with E-state index in [-0.39, 0.29) is 5.28 Å². The molecule has 0 amide bonds. The van der Waals surface area contributed by atoms with Crippen molar-refractivity contribution in [2.24, 2.45) is 0 Å². The first-order chi connectivity index (χ1) is 9.15. The van der Waals surface area contributed by atoms with Gasteiger partial charge in [-0.05, 0) is 43.9 Å². The number of aryl methyl sites for hydroxylation is 2. The molecule has 1 aromatic carbocycles. The maximum absolute atomic E-state index is 5.81. The average Bonchev–Trinajstić information content (AvgIpc) is 2.42. The van der Waals surface area contributed by atoms with Crippen LogP contribution in [0.5, 0.6) is 0 Å². The summed E-state index contributed by atoms with van der Waals surface area (Å²) in [6.07, 6.45) is 3.83. The number of hydrogen-bond acceptors (Lipinski definition) is 3. The third kappa shape index (κ3) is 4.21. The Morgan fingerprint density at radius 3 is 2.74 bits per heavy atom. The van der Waals surface area contributed by atoms with E-state index in [0.29, 0.717) is 6.04 Å². The van der Waals surface area contributed by atoms with E-state index >= 15 is 0 Å². The van der Waals surface area contributed by atoms with Crippen molar-refractivity contribution in [1.29, 1.82) is 0 Å². The van der Waals surface area contributed by atoms with Crippen LogP contribution in [-0.2, 0) is 6.42 Å². The second-order valence-electron chi connectivity index (χ2n) is 4.74. The summed E-state index contributed by atoms with van der Waals surface area (Å²) in [5, 5.41) is 3.67. The molecule has 3 nitrogen and oxygen atoms in total. The Morgan fingerprint density at radius 1 is 1.26 bits per heavy atom. The fourth-order valence-corrected chi connectivity index (χ4v) is 2.03. The van der Waals surface area contributed by atoms with Gasteiger partial charge in [-0.1, -0.05) is 30.3 Å². The summed E-state index contributed by atoms with van der Waals surface area (Å²) in [6, 6.07) is 10.8. The smallest absolute Gasteiger partial charge is 0.224 e. The van der Waals surface area contributed by atoms with Crippen molar-refractivity contribution in [1.82, 2.24) is 9.97 Å². The van der Waals surface area contributed by atoms with E-state index in [2.05, 4.69) is 46.5 Å². The van der Waals surface area contributed by atoms with E-state index < -0.39 is 0 Å². The first kappa shape index (κ1) is 13.8. The molecular weight excluding hydrogens is 258 g/mol. The minimum Gasteiger partial charge on any atom is -0.367 e. The van der Waals surface area contributed by atoms with E-state index in [1.165, 1.54) is 5.56 Å². The molecule has 1 N–H and O–H groups in total. The lowest BCUT2D eigenvalue weighted by molar-refractivity contribution is 0.701. The van der Waals surface area contributed by atoms with Gasteiger partial charge in [-0.3, -0.25) is 0 Å². The van der Waals surface area contributed by atoms with Crippen LogP contribution < -0.4 is 5.32 Å². The molecule has 0 aliphatic rings. The molecular formula is C15H18ClN3. The van der Waals surface area contributed by atoms with Crippen LogP contribution in [-0.4, -0.2) is 16.0 Å². The molecule has 1 heterocycles. The van der Waals surface area contributed by atoms with Gasteiger partial charge >= 0.3 is 0 Å². The second kappa shape index (κ2) is 6.53. The Balaban J connectivity index is 1.90.